The topological polar surface area (TPSA) is 181 Å². The minimum atomic E-state index is -1.44. The van der Waals surface area contributed by atoms with Crippen LogP contribution in [0.2, 0.25) is 0 Å². The summed E-state index contributed by atoms with van der Waals surface area (Å²) in [5.41, 5.74) is 0. The molecule has 0 aliphatic rings. The van der Waals surface area contributed by atoms with E-state index in [9.17, 15) is 0 Å². The first kappa shape index (κ1) is 50.0. The summed E-state index contributed by atoms with van der Waals surface area (Å²) in [6.07, 6.45) is 0. The predicted molar refractivity (Wildman–Crippen MR) is 36.3 cm³/mol. The second-order valence-electron chi connectivity index (χ2n) is 1.59. The number of rotatable bonds is 3. The molecular weight excluding hydrogens is 434 g/mol. The van der Waals surface area contributed by atoms with Crippen molar-refractivity contribution in [3.8, 4) is 0 Å². The summed E-state index contributed by atoms with van der Waals surface area (Å²) in [6.45, 7) is -2.67. The fourth-order valence-electron chi connectivity index (χ4n) is 0. The third-order valence-electron chi connectivity index (χ3n) is 0.387. The number of carboxylic acids is 3. The van der Waals surface area contributed by atoms with Gasteiger partial charge in [0, 0.05) is 0 Å². The number of aliphatic hydroxyl groups excluding tert-OH is 3. The maximum Gasteiger partial charge on any atom is 3.00 e. The summed E-state index contributed by atoms with van der Waals surface area (Å²) in [4.78, 5) is 27.0. The second-order valence-corrected chi connectivity index (χ2v) is 1.59. The van der Waals surface area contributed by atoms with E-state index in [1.54, 1.807) is 0 Å². The van der Waals surface area contributed by atoms with Gasteiger partial charge in [0.15, 0.2) is 0 Å². The number of carboxylic acid groups (broad SMARTS) is 3. The Balaban J connectivity index is -0.0000000160. The maximum absolute atomic E-state index is 9.01. The Labute approximate surface area is 153 Å². The molecule has 124 valence electrons. The van der Waals surface area contributed by atoms with E-state index in [-0.39, 0.29) is 71.4 Å². The van der Waals surface area contributed by atoms with E-state index in [0.29, 0.717) is 0 Å². The Kier molecular flexibility index (Phi) is 107. The third kappa shape index (κ3) is 140. The molecule has 2 radical (unpaired) electrons. The van der Waals surface area contributed by atoms with Crippen LogP contribution in [0.1, 0.15) is 0 Å². The molecule has 0 atom stereocenters. The second kappa shape index (κ2) is 42.7. The number of carbonyl (C=O) groups excluding carboxylic acids is 3. The molecule has 0 saturated carbocycles. The van der Waals surface area contributed by atoms with E-state index in [4.69, 9.17) is 45.0 Å². The largest absolute Gasteiger partial charge is 3.00 e. The van der Waals surface area contributed by atoms with Crippen LogP contribution < -0.4 is 52.5 Å². The van der Waals surface area contributed by atoms with Gasteiger partial charge < -0.3 is 82.2 Å². The van der Waals surface area contributed by atoms with Gasteiger partial charge in [-0.05, 0) is 0 Å². The average molecular weight is 443 g/mol. The zero-order chi connectivity index (χ0) is 12.9. The number of carbonyl (C=O) groups is 3. The van der Waals surface area contributed by atoms with Gasteiger partial charge in [-0.2, -0.15) is 0 Å². The van der Waals surface area contributed by atoms with Crippen LogP contribution in [0.5, 0.6) is 0 Å². The van der Waals surface area contributed by atoms with E-state index >= 15 is 0 Å². The SMILES string of the molecule is O=C([O-])CO.O=C([O-])CO.O=C([O-])CO.[Cl-].[Cl-].[Cl-].[Fe+3].[Fe+3]. The molecular formula is C6H9Cl3Fe2O9. The summed E-state index contributed by atoms with van der Waals surface area (Å²) in [5, 5.41) is 49.5. The molecule has 20 heavy (non-hydrogen) atoms. The molecule has 0 amide bonds. The van der Waals surface area contributed by atoms with Gasteiger partial charge in [0.1, 0.15) is 0 Å². The van der Waals surface area contributed by atoms with Crippen molar-refractivity contribution >= 4 is 17.9 Å². The summed E-state index contributed by atoms with van der Waals surface area (Å²) >= 11 is 0. The molecule has 0 fully saturated rings. The molecule has 0 heterocycles. The predicted octanol–water partition coefficient (Wildman–Crippen LogP) is -15.8. The standard InChI is InChI=1S/3C2H4O3.3ClH.2Fe/c3*3-1-2(4)5;;;;;/h3*3H,1H2,(H,4,5);3*1H;;/q;;;;;;2*+3/p-6. The fourth-order valence-corrected chi connectivity index (χ4v) is 0. The average Bonchev–Trinajstić information content (AvgIpc) is 2.19. The van der Waals surface area contributed by atoms with Crippen LogP contribution in [0.3, 0.4) is 0 Å². The van der Waals surface area contributed by atoms with Crippen molar-refractivity contribution in [1.29, 1.82) is 0 Å². The molecule has 0 aromatic heterocycles. The van der Waals surface area contributed by atoms with Gasteiger partial charge in [0.05, 0.1) is 37.7 Å². The zero-order valence-electron chi connectivity index (χ0n) is 9.25. The molecule has 0 bridgehead atoms. The van der Waals surface area contributed by atoms with Crippen LogP contribution in [0.25, 0.3) is 0 Å². The third-order valence-corrected chi connectivity index (χ3v) is 0.387. The Morgan fingerprint density at radius 3 is 0.650 bits per heavy atom. The smallest absolute Gasteiger partial charge is 1.00 e. The van der Waals surface area contributed by atoms with Crippen LogP contribution in [0.15, 0.2) is 0 Å². The Morgan fingerprint density at radius 1 is 0.600 bits per heavy atom. The summed E-state index contributed by atoms with van der Waals surface area (Å²) in [5.74, 6) is -4.32. The van der Waals surface area contributed by atoms with E-state index in [2.05, 4.69) is 0 Å². The van der Waals surface area contributed by atoms with Gasteiger partial charge in [0.25, 0.3) is 0 Å². The monoisotopic (exact) mass is 442 g/mol. The van der Waals surface area contributed by atoms with Crippen molar-refractivity contribution in [3.05, 3.63) is 0 Å². The summed E-state index contributed by atoms with van der Waals surface area (Å²) < 4.78 is 0. The quantitative estimate of drug-likeness (QED) is 0.357. The van der Waals surface area contributed by atoms with E-state index < -0.39 is 37.7 Å². The minimum absolute atomic E-state index is 0. The fraction of sp³-hybridized carbons (Fsp3) is 0.500. The van der Waals surface area contributed by atoms with Gasteiger partial charge in [-0.3, -0.25) is 0 Å². The number of aliphatic hydroxyl groups is 3. The van der Waals surface area contributed by atoms with Gasteiger partial charge in [-0.25, -0.2) is 0 Å². The van der Waals surface area contributed by atoms with Gasteiger partial charge in [0.2, 0.25) is 0 Å². The van der Waals surface area contributed by atoms with E-state index in [0.717, 1.165) is 0 Å². The number of aliphatic carboxylic acids is 3. The first-order valence-electron chi connectivity index (χ1n) is 3.23. The first-order valence-corrected chi connectivity index (χ1v) is 3.23. The van der Waals surface area contributed by atoms with E-state index in [1.807, 2.05) is 0 Å². The number of halogens is 3. The van der Waals surface area contributed by atoms with Crippen molar-refractivity contribution < 1.29 is 116 Å². The Morgan fingerprint density at radius 2 is 0.650 bits per heavy atom. The molecule has 0 aromatic rings. The molecule has 0 spiro atoms. The van der Waals surface area contributed by atoms with Gasteiger partial charge >= 0.3 is 34.1 Å². The molecule has 0 aromatic carbocycles. The molecule has 0 aliphatic carbocycles. The molecule has 9 nitrogen and oxygen atoms in total. The number of hydrogen-bond donors (Lipinski definition) is 3. The van der Waals surface area contributed by atoms with Crippen molar-refractivity contribution in [2.75, 3.05) is 19.8 Å². The van der Waals surface area contributed by atoms with Crippen LogP contribution in [-0.4, -0.2) is 53.0 Å². The molecule has 0 unspecified atom stereocenters. The van der Waals surface area contributed by atoms with Crippen LogP contribution in [0, 0.1) is 0 Å². The van der Waals surface area contributed by atoms with Crippen molar-refractivity contribution in [2.24, 2.45) is 0 Å². The van der Waals surface area contributed by atoms with Crippen molar-refractivity contribution in [2.45, 2.75) is 0 Å². The van der Waals surface area contributed by atoms with Crippen LogP contribution in [0.4, 0.5) is 0 Å². The van der Waals surface area contributed by atoms with Crippen LogP contribution in [-0.2, 0) is 48.5 Å². The number of hydrogen-bond acceptors (Lipinski definition) is 9. The summed E-state index contributed by atoms with van der Waals surface area (Å²) in [7, 11) is 0. The maximum atomic E-state index is 9.01. The molecule has 0 aliphatic heterocycles. The van der Waals surface area contributed by atoms with E-state index in [1.165, 1.54) is 0 Å². The first-order chi connectivity index (χ1) is 6.81. The zero-order valence-corrected chi connectivity index (χ0v) is 13.7. The molecule has 14 heteroatoms. The Bertz CT molecular complexity index is 175. The molecule has 0 rings (SSSR count). The Hall–Kier alpha value is 0.199. The van der Waals surface area contributed by atoms with Gasteiger partial charge in [-0.15, -0.1) is 0 Å². The van der Waals surface area contributed by atoms with Crippen LogP contribution >= 0.6 is 0 Å². The van der Waals surface area contributed by atoms with Crippen molar-refractivity contribution in [3.63, 3.8) is 0 Å². The summed E-state index contributed by atoms with van der Waals surface area (Å²) in [6, 6.07) is 0. The molecule has 0 saturated heterocycles. The minimum Gasteiger partial charge on any atom is -1.00 e. The van der Waals surface area contributed by atoms with Gasteiger partial charge in [-0.1, -0.05) is 0 Å². The van der Waals surface area contributed by atoms with Crippen molar-refractivity contribution in [1.82, 2.24) is 0 Å². The molecule has 3 N–H and O–H groups in total. The normalized spacial score (nSPS) is 5.55.